The zero-order valence-electron chi connectivity index (χ0n) is 18.3. The van der Waals surface area contributed by atoms with Gasteiger partial charge in [0.2, 0.25) is 0 Å². The Morgan fingerprint density at radius 3 is 1.02 bits per heavy atom. The molecule has 0 radical (unpaired) electrons. The lowest BCUT2D eigenvalue weighted by molar-refractivity contribution is -0.474. The average molecular weight is 688 g/mol. The van der Waals surface area contributed by atoms with Gasteiger partial charge in [-0.3, -0.25) is 9.05 Å². The highest BCUT2D eigenvalue weighted by Crippen LogP contribution is 2.66. The van der Waals surface area contributed by atoms with Crippen molar-refractivity contribution in [1.82, 2.24) is 0 Å². The van der Waals surface area contributed by atoms with Gasteiger partial charge in [0.05, 0.1) is 19.8 Å². The zero-order chi connectivity index (χ0) is 33.7. The lowest BCUT2D eigenvalue weighted by Gasteiger charge is -2.44. The lowest BCUT2D eigenvalue weighted by atomic mass is 9.86. The minimum Gasteiger partial charge on any atom is -0.394 e. The molecule has 0 rings (SSSR count). The number of phosphoric acid groups is 1. The molecule has 0 saturated carbocycles. The number of hydrogen-bond donors (Lipinski definition) is 2. The summed E-state index contributed by atoms with van der Waals surface area (Å²) in [5.74, 6) is -78.2. The summed E-state index contributed by atoms with van der Waals surface area (Å²) in [6, 6.07) is 0. The van der Waals surface area contributed by atoms with Crippen LogP contribution in [-0.4, -0.2) is 89.3 Å². The van der Waals surface area contributed by atoms with Crippen LogP contribution in [0, 0.1) is 0 Å². The number of phosphoric ester groups is 1. The molecule has 248 valence electrons. The second-order valence-electron chi connectivity index (χ2n) is 7.41. The van der Waals surface area contributed by atoms with Gasteiger partial charge in [0.15, 0.2) is 0 Å². The molecule has 1 atom stereocenters. The molecule has 2 N–H and O–H groups in total. The van der Waals surface area contributed by atoms with Crippen molar-refractivity contribution in [1.29, 1.82) is 0 Å². The summed E-state index contributed by atoms with van der Waals surface area (Å²) in [5, 5.41) is 8.27. The van der Waals surface area contributed by atoms with Gasteiger partial charge in [-0.25, -0.2) is 4.57 Å². The number of alkyl halides is 21. The Bertz CT molecular complexity index is 961. The molecule has 0 heterocycles. The van der Waals surface area contributed by atoms with E-state index in [4.69, 9.17) is 10.00 Å². The van der Waals surface area contributed by atoms with Gasteiger partial charge in [-0.1, -0.05) is 0 Å². The Labute approximate surface area is 210 Å². The monoisotopic (exact) mass is 688 g/mol. The number of aliphatic hydroxyl groups excluding tert-OH is 1. The fourth-order valence-electron chi connectivity index (χ4n) is 2.23. The molecule has 0 aliphatic heterocycles. The molecular formula is C14H10F21O5P. The van der Waals surface area contributed by atoms with Gasteiger partial charge in [-0.15, -0.1) is 0 Å². The van der Waals surface area contributed by atoms with E-state index in [1.54, 1.807) is 0 Å². The minimum atomic E-state index is -9.27. The highest BCUT2D eigenvalue weighted by molar-refractivity contribution is 7.47. The summed E-state index contributed by atoms with van der Waals surface area (Å²) in [7, 11) is -5.62. The summed E-state index contributed by atoms with van der Waals surface area (Å²) in [4.78, 5) is 8.84. The maximum atomic E-state index is 13.7. The molecule has 0 aromatic rings. The molecule has 0 aliphatic rings. The summed E-state index contributed by atoms with van der Waals surface area (Å²) in [6.07, 6.45) is -11.3. The smallest absolute Gasteiger partial charge is 0.394 e. The van der Waals surface area contributed by atoms with Gasteiger partial charge in [0.25, 0.3) is 0 Å². The first-order valence-electron chi connectivity index (χ1n) is 9.21. The highest BCUT2D eigenvalue weighted by Gasteiger charge is 2.97. The van der Waals surface area contributed by atoms with Gasteiger partial charge in [0.1, 0.15) is 0 Å². The molecule has 1 unspecified atom stereocenters. The zero-order valence-corrected chi connectivity index (χ0v) is 19.2. The van der Waals surface area contributed by atoms with Crippen molar-refractivity contribution >= 4 is 7.82 Å². The largest absolute Gasteiger partial charge is 0.472 e. The van der Waals surface area contributed by atoms with Gasteiger partial charge < -0.3 is 10.00 Å². The maximum absolute atomic E-state index is 13.7. The van der Waals surface area contributed by atoms with Crippen molar-refractivity contribution < 1.29 is 116 Å². The Morgan fingerprint density at radius 2 is 0.732 bits per heavy atom. The summed E-state index contributed by atoms with van der Waals surface area (Å²) in [5.41, 5.74) is 0. The van der Waals surface area contributed by atoms with Crippen molar-refractivity contribution in [3.63, 3.8) is 0 Å². The molecule has 0 bridgehead atoms. The first kappa shape index (κ1) is 39.6. The van der Waals surface area contributed by atoms with Crippen LogP contribution in [-0.2, 0) is 13.6 Å². The topological polar surface area (TPSA) is 76.0 Å². The van der Waals surface area contributed by atoms with Crippen LogP contribution in [0.15, 0.2) is 0 Å². The second-order valence-corrected chi connectivity index (χ2v) is 8.86. The van der Waals surface area contributed by atoms with E-state index in [1.807, 2.05) is 0 Å². The van der Waals surface area contributed by atoms with Crippen molar-refractivity contribution in [2.45, 2.75) is 65.9 Å². The molecule has 0 saturated heterocycles. The molecule has 0 aliphatic carbocycles. The van der Waals surface area contributed by atoms with Crippen LogP contribution in [0.2, 0.25) is 0 Å². The second kappa shape index (κ2) is 10.9. The third-order valence-electron chi connectivity index (χ3n) is 4.59. The molecular weight excluding hydrogens is 678 g/mol. The first-order valence-corrected chi connectivity index (χ1v) is 10.7. The van der Waals surface area contributed by atoms with E-state index in [0.717, 1.165) is 0 Å². The van der Waals surface area contributed by atoms with Crippen LogP contribution < -0.4 is 0 Å². The van der Waals surface area contributed by atoms with E-state index >= 15 is 0 Å². The van der Waals surface area contributed by atoms with Gasteiger partial charge >= 0.3 is 67.3 Å². The molecule has 0 fully saturated rings. The van der Waals surface area contributed by atoms with Crippen LogP contribution in [0.25, 0.3) is 0 Å². The third-order valence-corrected chi connectivity index (χ3v) is 5.61. The van der Waals surface area contributed by atoms with E-state index < -0.39 is 93.5 Å². The normalized spacial score (nSPS) is 17.5. The molecule has 0 amide bonds. The Kier molecular flexibility index (Phi) is 10.6. The van der Waals surface area contributed by atoms with Gasteiger partial charge in [-0.05, 0) is 0 Å². The van der Waals surface area contributed by atoms with Crippen molar-refractivity contribution in [3.8, 4) is 0 Å². The quantitative estimate of drug-likeness (QED) is 0.147. The SMILES string of the molecule is O=P(O)(OCCO)OCCC(F)(F)C(F)(F)C(F)(F)C(F)(F)C(F)(F)C(F)(F)C(F)(F)C(F)(F)C(F)(F)C(F)(F)F. The molecule has 27 heteroatoms. The van der Waals surface area contributed by atoms with Crippen LogP contribution in [0.1, 0.15) is 6.42 Å². The van der Waals surface area contributed by atoms with Crippen molar-refractivity contribution in [2.24, 2.45) is 0 Å². The van der Waals surface area contributed by atoms with Gasteiger partial charge in [0, 0.05) is 6.42 Å². The summed E-state index contributed by atoms with van der Waals surface area (Å²) in [6.45, 7) is -4.72. The Balaban J connectivity index is 6.67. The lowest BCUT2D eigenvalue weighted by Crippen LogP contribution is -2.76. The molecule has 41 heavy (non-hydrogen) atoms. The number of hydrogen-bond acceptors (Lipinski definition) is 4. The number of halogens is 21. The third kappa shape index (κ3) is 6.03. The van der Waals surface area contributed by atoms with Crippen LogP contribution >= 0.6 is 7.82 Å². The average Bonchev–Trinajstić information content (AvgIpc) is 2.75. The fraction of sp³-hybridized carbons (Fsp3) is 1.00. The summed E-state index contributed by atoms with van der Waals surface area (Å²) < 4.78 is 296. The Hall–Kier alpha value is -1.40. The van der Waals surface area contributed by atoms with E-state index in [2.05, 4.69) is 9.05 Å². The van der Waals surface area contributed by atoms with E-state index in [9.17, 15) is 96.8 Å². The molecule has 0 aromatic carbocycles. The number of aliphatic hydroxyl groups is 1. The maximum Gasteiger partial charge on any atom is 0.472 e. The fourth-order valence-corrected chi connectivity index (χ4v) is 2.94. The van der Waals surface area contributed by atoms with Crippen molar-refractivity contribution in [2.75, 3.05) is 19.8 Å². The van der Waals surface area contributed by atoms with Crippen LogP contribution in [0.3, 0.4) is 0 Å². The van der Waals surface area contributed by atoms with Crippen molar-refractivity contribution in [3.05, 3.63) is 0 Å². The minimum absolute atomic E-state index is 1.11. The van der Waals surface area contributed by atoms with E-state index in [0.29, 0.717) is 0 Å². The predicted molar refractivity (Wildman–Crippen MR) is 84.0 cm³/mol. The van der Waals surface area contributed by atoms with Gasteiger partial charge in [-0.2, -0.15) is 92.2 Å². The predicted octanol–water partition coefficient (Wildman–Crippen LogP) is 6.78. The van der Waals surface area contributed by atoms with E-state index in [-0.39, 0.29) is 0 Å². The summed E-state index contributed by atoms with van der Waals surface area (Å²) >= 11 is 0. The number of rotatable bonds is 15. The van der Waals surface area contributed by atoms with Crippen LogP contribution in [0.4, 0.5) is 92.2 Å². The molecule has 5 nitrogen and oxygen atoms in total. The standard InChI is InChI=1S/C14H10F21O5P/c15-5(16,1-3-39-41(37,38)40-4-2-36)6(17,18)7(19,20)8(21,22)9(23,24)10(25,26)11(27,28)12(29,30)13(31,32)14(33,34)35/h36H,1-4H2,(H,37,38). The first-order chi connectivity index (χ1) is 17.5. The highest BCUT2D eigenvalue weighted by atomic mass is 31.2. The molecule has 0 aromatic heterocycles. The Morgan fingerprint density at radius 1 is 0.463 bits per heavy atom. The molecule has 0 spiro atoms. The van der Waals surface area contributed by atoms with E-state index in [1.165, 1.54) is 0 Å². The van der Waals surface area contributed by atoms with Crippen LogP contribution in [0.5, 0.6) is 0 Å².